The van der Waals surface area contributed by atoms with E-state index in [1.54, 1.807) is 14.2 Å². The quantitative estimate of drug-likeness (QED) is 0.737. The van der Waals surface area contributed by atoms with Crippen LogP contribution in [0.15, 0.2) is 60.9 Å². The highest BCUT2D eigenvalue weighted by molar-refractivity contribution is 5.84. The van der Waals surface area contributed by atoms with Crippen LogP contribution in [-0.4, -0.2) is 25.9 Å². The molecule has 1 heterocycles. The number of aliphatic hydroxyl groups is 1. The molecule has 3 aromatic rings. The molecule has 0 unspecified atom stereocenters. The van der Waals surface area contributed by atoms with Gasteiger partial charge in [0.15, 0.2) is 23.9 Å². The van der Waals surface area contributed by atoms with E-state index in [-0.39, 0.29) is 12.6 Å². The van der Waals surface area contributed by atoms with Gasteiger partial charge in [0.05, 0.1) is 14.2 Å². The Morgan fingerprint density at radius 1 is 0.957 bits per heavy atom. The van der Waals surface area contributed by atoms with E-state index in [4.69, 9.17) is 9.47 Å². The van der Waals surface area contributed by atoms with Crippen molar-refractivity contribution < 1.29 is 19.1 Å². The Labute approximate surface area is 135 Å². The van der Waals surface area contributed by atoms with E-state index in [2.05, 4.69) is 0 Å². The van der Waals surface area contributed by atoms with Gasteiger partial charge in [0.2, 0.25) is 6.04 Å². The fourth-order valence-corrected chi connectivity index (χ4v) is 2.78. The fourth-order valence-electron chi connectivity index (χ4n) is 2.78. The third-order valence-electron chi connectivity index (χ3n) is 4.02. The molecular weight excluding hydrogens is 290 g/mol. The first-order chi connectivity index (χ1) is 11.3. The number of pyridine rings is 1. The predicted molar refractivity (Wildman–Crippen MR) is 88.9 cm³/mol. The van der Waals surface area contributed by atoms with E-state index in [1.165, 1.54) is 0 Å². The van der Waals surface area contributed by atoms with Crippen molar-refractivity contribution in [2.45, 2.75) is 6.04 Å². The molecule has 0 spiro atoms. The summed E-state index contributed by atoms with van der Waals surface area (Å²) in [6.45, 7) is 0.0352. The summed E-state index contributed by atoms with van der Waals surface area (Å²) in [5.74, 6) is 1.40. The summed E-state index contributed by atoms with van der Waals surface area (Å²) < 4.78 is 12.7. The van der Waals surface area contributed by atoms with E-state index in [1.807, 2.05) is 65.5 Å². The van der Waals surface area contributed by atoms with Crippen LogP contribution in [0.3, 0.4) is 0 Å². The van der Waals surface area contributed by atoms with Gasteiger partial charge < -0.3 is 14.6 Å². The number of hydrogen-bond acceptors (Lipinski definition) is 3. The third kappa shape index (κ3) is 2.98. The number of rotatable bonds is 5. The second kappa shape index (κ2) is 6.67. The SMILES string of the molecule is COc1cc2cc[n+]([C@@H](CO)c3ccccc3)cc2cc1OC. The van der Waals surface area contributed by atoms with E-state index >= 15 is 0 Å². The van der Waals surface area contributed by atoms with Crippen molar-refractivity contribution in [3.8, 4) is 11.5 Å². The lowest BCUT2D eigenvalue weighted by molar-refractivity contribution is -0.714. The molecule has 1 N–H and O–H groups in total. The second-order valence-electron chi connectivity index (χ2n) is 5.34. The topological polar surface area (TPSA) is 42.6 Å². The maximum atomic E-state index is 9.82. The highest BCUT2D eigenvalue weighted by atomic mass is 16.5. The molecule has 0 fully saturated rings. The first-order valence-corrected chi connectivity index (χ1v) is 7.49. The molecule has 0 aliphatic rings. The van der Waals surface area contributed by atoms with Gasteiger partial charge in [-0.1, -0.05) is 30.3 Å². The minimum absolute atomic E-state index is 0.0352. The van der Waals surface area contributed by atoms with Crippen LogP contribution in [0.4, 0.5) is 0 Å². The average molecular weight is 310 g/mol. The number of aromatic nitrogens is 1. The molecule has 23 heavy (non-hydrogen) atoms. The Morgan fingerprint density at radius 3 is 2.22 bits per heavy atom. The van der Waals surface area contributed by atoms with Crippen LogP contribution in [0.1, 0.15) is 11.6 Å². The number of fused-ring (bicyclic) bond motifs is 1. The monoisotopic (exact) mass is 310 g/mol. The van der Waals surface area contributed by atoms with Crippen molar-refractivity contribution in [2.75, 3.05) is 20.8 Å². The molecule has 0 bridgehead atoms. The summed E-state index contributed by atoms with van der Waals surface area (Å²) in [6, 6.07) is 15.8. The Kier molecular flexibility index (Phi) is 4.44. The normalized spacial score (nSPS) is 12.1. The minimum atomic E-state index is -0.117. The zero-order valence-corrected chi connectivity index (χ0v) is 13.3. The van der Waals surface area contributed by atoms with Gasteiger partial charge in [-0.2, -0.15) is 4.57 Å². The van der Waals surface area contributed by atoms with E-state index in [0.29, 0.717) is 11.5 Å². The first kappa shape index (κ1) is 15.3. The number of ether oxygens (including phenoxy) is 2. The van der Waals surface area contributed by atoms with Gasteiger partial charge in [-0.3, -0.25) is 0 Å². The second-order valence-corrected chi connectivity index (χ2v) is 5.34. The molecule has 0 aliphatic carbocycles. The van der Waals surface area contributed by atoms with E-state index < -0.39 is 0 Å². The first-order valence-electron chi connectivity index (χ1n) is 7.49. The van der Waals surface area contributed by atoms with E-state index in [0.717, 1.165) is 16.3 Å². The summed E-state index contributed by atoms with van der Waals surface area (Å²) in [5, 5.41) is 11.9. The van der Waals surface area contributed by atoms with Crippen LogP contribution < -0.4 is 14.0 Å². The van der Waals surface area contributed by atoms with Crippen molar-refractivity contribution in [2.24, 2.45) is 0 Å². The molecule has 1 atom stereocenters. The lowest BCUT2D eigenvalue weighted by atomic mass is 10.1. The largest absolute Gasteiger partial charge is 0.493 e. The molecule has 0 saturated heterocycles. The minimum Gasteiger partial charge on any atom is -0.493 e. The predicted octanol–water partition coefficient (Wildman–Crippen LogP) is 2.73. The van der Waals surface area contributed by atoms with Crippen LogP contribution in [0.5, 0.6) is 11.5 Å². The van der Waals surface area contributed by atoms with Crippen LogP contribution in [-0.2, 0) is 0 Å². The van der Waals surface area contributed by atoms with Gasteiger partial charge in [-0.05, 0) is 17.5 Å². The van der Waals surface area contributed by atoms with Crippen molar-refractivity contribution in [1.29, 1.82) is 0 Å². The third-order valence-corrected chi connectivity index (χ3v) is 4.02. The van der Waals surface area contributed by atoms with Crippen LogP contribution in [0.25, 0.3) is 10.8 Å². The highest BCUT2D eigenvalue weighted by Crippen LogP contribution is 2.31. The molecular formula is C19H20NO3+. The van der Waals surface area contributed by atoms with Crippen LogP contribution in [0, 0.1) is 0 Å². The van der Waals surface area contributed by atoms with Gasteiger partial charge in [0, 0.05) is 17.0 Å². The number of benzene rings is 2. The highest BCUT2D eigenvalue weighted by Gasteiger charge is 2.20. The molecule has 118 valence electrons. The maximum Gasteiger partial charge on any atom is 0.206 e. The average Bonchev–Trinajstić information content (AvgIpc) is 2.62. The van der Waals surface area contributed by atoms with Crippen molar-refractivity contribution in [3.05, 3.63) is 66.5 Å². The molecule has 2 aromatic carbocycles. The van der Waals surface area contributed by atoms with Gasteiger partial charge >= 0.3 is 0 Å². The standard InChI is InChI=1S/C19H20NO3/c1-22-18-10-15-8-9-20(12-16(15)11-19(18)23-2)17(13-21)14-6-4-3-5-7-14/h3-12,17,21H,13H2,1-2H3/q+1/t17-/m0/s1. The van der Waals surface area contributed by atoms with E-state index in [9.17, 15) is 5.11 Å². The van der Waals surface area contributed by atoms with Crippen LogP contribution >= 0.6 is 0 Å². The fraction of sp³-hybridized carbons (Fsp3) is 0.211. The number of methoxy groups -OCH3 is 2. The smallest absolute Gasteiger partial charge is 0.206 e. The lowest BCUT2D eigenvalue weighted by Crippen LogP contribution is -2.41. The molecule has 1 aromatic heterocycles. The van der Waals surface area contributed by atoms with Crippen molar-refractivity contribution in [1.82, 2.24) is 0 Å². The summed E-state index contributed by atoms with van der Waals surface area (Å²) in [5.41, 5.74) is 1.07. The van der Waals surface area contributed by atoms with Gasteiger partial charge in [0.25, 0.3) is 0 Å². The zero-order valence-electron chi connectivity index (χ0n) is 13.3. The lowest BCUT2D eigenvalue weighted by Gasteiger charge is -2.12. The summed E-state index contributed by atoms with van der Waals surface area (Å²) in [4.78, 5) is 0. The Morgan fingerprint density at radius 2 is 1.61 bits per heavy atom. The molecule has 4 nitrogen and oxygen atoms in total. The van der Waals surface area contributed by atoms with Crippen molar-refractivity contribution >= 4 is 10.8 Å². The number of nitrogens with zero attached hydrogens (tertiary/aromatic N) is 1. The Bertz CT molecular complexity index is 802. The zero-order chi connectivity index (χ0) is 16.2. The Hall–Kier alpha value is -2.59. The molecule has 0 aliphatic heterocycles. The van der Waals surface area contributed by atoms with Gasteiger partial charge in [0.1, 0.15) is 6.61 Å². The maximum absolute atomic E-state index is 9.82. The molecule has 0 amide bonds. The molecule has 3 rings (SSSR count). The van der Waals surface area contributed by atoms with Gasteiger partial charge in [-0.15, -0.1) is 0 Å². The summed E-state index contributed by atoms with van der Waals surface area (Å²) >= 11 is 0. The summed E-state index contributed by atoms with van der Waals surface area (Å²) in [6.07, 6.45) is 3.99. The number of aliphatic hydroxyl groups excluding tert-OH is 1. The van der Waals surface area contributed by atoms with Gasteiger partial charge in [-0.25, -0.2) is 0 Å². The summed E-state index contributed by atoms with van der Waals surface area (Å²) in [7, 11) is 3.26. The molecule has 0 radical (unpaired) electrons. The molecule has 0 saturated carbocycles. The van der Waals surface area contributed by atoms with Crippen LogP contribution in [0.2, 0.25) is 0 Å². The Balaban J connectivity index is 2.08. The van der Waals surface area contributed by atoms with Crippen molar-refractivity contribution in [3.63, 3.8) is 0 Å². The molecule has 4 heteroatoms. The number of hydrogen-bond donors (Lipinski definition) is 1.